The summed E-state index contributed by atoms with van der Waals surface area (Å²) in [7, 11) is 0. The molecular formula is C22H28N4O3. The molecule has 29 heavy (non-hydrogen) atoms. The molecule has 0 radical (unpaired) electrons. The Bertz CT molecular complexity index is 907. The second-order valence-corrected chi connectivity index (χ2v) is 7.81. The average molecular weight is 396 g/mol. The number of aryl methyl sites for hydroxylation is 2. The number of benzene rings is 1. The third-order valence-electron chi connectivity index (χ3n) is 5.77. The molecule has 2 N–H and O–H groups in total. The van der Waals surface area contributed by atoms with Gasteiger partial charge in [-0.15, -0.1) is 0 Å². The molecule has 0 unspecified atom stereocenters. The zero-order chi connectivity index (χ0) is 20.4. The van der Waals surface area contributed by atoms with E-state index in [1.807, 2.05) is 43.1 Å². The monoisotopic (exact) mass is 396 g/mol. The van der Waals surface area contributed by atoms with Crippen molar-refractivity contribution in [2.75, 3.05) is 32.8 Å². The predicted molar refractivity (Wildman–Crippen MR) is 109 cm³/mol. The van der Waals surface area contributed by atoms with Crippen LogP contribution < -0.4 is 10.5 Å². The number of carbonyl (C=O) groups excluding carboxylic acids is 1. The Balaban J connectivity index is 1.53. The first kappa shape index (κ1) is 19.8. The van der Waals surface area contributed by atoms with Crippen molar-refractivity contribution in [1.29, 1.82) is 0 Å². The molecule has 7 nitrogen and oxygen atoms in total. The van der Waals surface area contributed by atoms with Gasteiger partial charge in [0, 0.05) is 25.8 Å². The fourth-order valence-corrected chi connectivity index (χ4v) is 4.23. The zero-order valence-corrected chi connectivity index (χ0v) is 17.1. The molecule has 1 fully saturated rings. The number of rotatable bonds is 4. The number of ether oxygens (including phenoxy) is 2. The first-order valence-corrected chi connectivity index (χ1v) is 10.2. The number of carbonyl (C=O) groups is 1. The minimum Gasteiger partial charge on any atom is -0.491 e. The number of nitrogens with two attached hydrogens (primary N) is 1. The number of likely N-dealkylation sites (tertiary alicyclic amines) is 1. The summed E-state index contributed by atoms with van der Waals surface area (Å²) in [6.45, 7) is 6.58. The SMILES string of the molecule is Cc1ccc(OCCN)c(C(=O)N2CCC3(CC2)OCCc2cnc(C)nc23)c1. The summed E-state index contributed by atoms with van der Waals surface area (Å²) in [4.78, 5) is 24.2. The second-order valence-electron chi connectivity index (χ2n) is 7.81. The van der Waals surface area contributed by atoms with Crippen LogP contribution in [0, 0.1) is 13.8 Å². The van der Waals surface area contributed by atoms with Gasteiger partial charge in [-0.25, -0.2) is 9.97 Å². The molecule has 0 atom stereocenters. The van der Waals surface area contributed by atoms with Gasteiger partial charge in [0.1, 0.15) is 23.8 Å². The Kier molecular flexibility index (Phi) is 5.52. The van der Waals surface area contributed by atoms with Gasteiger partial charge in [-0.2, -0.15) is 0 Å². The Morgan fingerprint density at radius 3 is 2.86 bits per heavy atom. The quantitative estimate of drug-likeness (QED) is 0.851. The zero-order valence-electron chi connectivity index (χ0n) is 17.1. The molecule has 7 heteroatoms. The Morgan fingerprint density at radius 1 is 1.31 bits per heavy atom. The number of fused-ring (bicyclic) bond motifs is 2. The van der Waals surface area contributed by atoms with Crippen molar-refractivity contribution in [2.24, 2.45) is 5.73 Å². The summed E-state index contributed by atoms with van der Waals surface area (Å²) in [6, 6.07) is 5.69. The van der Waals surface area contributed by atoms with Crippen molar-refractivity contribution in [3.05, 3.63) is 52.6 Å². The molecule has 1 aromatic heterocycles. The van der Waals surface area contributed by atoms with Crippen LogP contribution in [-0.4, -0.2) is 53.6 Å². The molecule has 2 aliphatic rings. The highest BCUT2D eigenvalue weighted by Crippen LogP contribution is 2.40. The number of hydrogen-bond acceptors (Lipinski definition) is 6. The highest BCUT2D eigenvalue weighted by molar-refractivity contribution is 5.97. The van der Waals surface area contributed by atoms with Gasteiger partial charge >= 0.3 is 0 Å². The molecule has 1 amide bonds. The van der Waals surface area contributed by atoms with Gasteiger partial charge in [0.15, 0.2) is 0 Å². The topological polar surface area (TPSA) is 90.6 Å². The smallest absolute Gasteiger partial charge is 0.257 e. The molecule has 1 saturated heterocycles. The van der Waals surface area contributed by atoms with Crippen LogP contribution in [0.2, 0.25) is 0 Å². The van der Waals surface area contributed by atoms with E-state index in [4.69, 9.17) is 20.2 Å². The fourth-order valence-electron chi connectivity index (χ4n) is 4.23. The number of piperidine rings is 1. The summed E-state index contributed by atoms with van der Waals surface area (Å²) in [6.07, 6.45) is 4.22. The first-order chi connectivity index (χ1) is 14.0. The van der Waals surface area contributed by atoms with Crippen molar-refractivity contribution in [1.82, 2.24) is 14.9 Å². The van der Waals surface area contributed by atoms with Crippen LogP contribution in [0.15, 0.2) is 24.4 Å². The first-order valence-electron chi connectivity index (χ1n) is 10.2. The largest absolute Gasteiger partial charge is 0.491 e. The lowest BCUT2D eigenvalue weighted by atomic mass is 9.83. The van der Waals surface area contributed by atoms with Gasteiger partial charge in [0.05, 0.1) is 17.9 Å². The predicted octanol–water partition coefficient (Wildman–Crippen LogP) is 2.14. The van der Waals surface area contributed by atoms with Gasteiger partial charge in [-0.05, 0) is 50.8 Å². The van der Waals surface area contributed by atoms with Gasteiger partial charge < -0.3 is 20.1 Å². The van der Waals surface area contributed by atoms with E-state index in [9.17, 15) is 4.79 Å². The maximum Gasteiger partial charge on any atom is 0.257 e. The summed E-state index contributed by atoms with van der Waals surface area (Å²) >= 11 is 0. The lowest BCUT2D eigenvalue weighted by Gasteiger charge is -2.44. The van der Waals surface area contributed by atoms with Crippen LogP contribution in [0.25, 0.3) is 0 Å². The number of aromatic nitrogens is 2. The number of hydrogen-bond donors (Lipinski definition) is 1. The van der Waals surface area contributed by atoms with Crippen molar-refractivity contribution in [3.63, 3.8) is 0 Å². The van der Waals surface area contributed by atoms with Gasteiger partial charge in [0.2, 0.25) is 0 Å². The van der Waals surface area contributed by atoms with E-state index in [-0.39, 0.29) is 5.91 Å². The molecular weight excluding hydrogens is 368 g/mol. The highest BCUT2D eigenvalue weighted by atomic mass is 16.5. The maximum atomic E-state index is 13.3. The highest BCUT2D eigenvalue weighted by Gasteiger charge is 2.43. The molecule has 0 saturated carbocycles. The van der Waals surface area contributed by atoms with Gasteiger partial charge in [0.25, 0.3) is 5.91 Å². The summed E-state index contributed by atoms with van der Waals surface area (Å²) in [5, 5.41) is 0. The molecule has 1 aromatic carbocycles. The molecule has 1 spiro atoms. The van der Waals surface area contributed by atoms with Crippen LogP contribution in [0.1, 0.15) is 45.8 Å². The van der Waals surface area contributed by atoms with E-state index in [1.54, 1.807) is 0 Å². The molecule has 2 aromatic rings. The van der Waals surface area contributed by atoms with Crippen LogP contribution in [0.4, 0.5) is 0 Å². The van der Waals surface area contributed by atoms with E-state index < -0.39 is 5.60 Å². The molecule has 0 aliphatic carbocycles. The van der Waals surface area contributed by atoms with Crippen LogP contribution in [0.5, 0.6) is 5.75 Å². The van der Waals surface area contributed by atoms with E-state index in [0.717, 1.165) is 41.9 Å². The molecule has 3 heterocycles. The molecule has 0 bridgehead atoms. The molecule has 2 aliphatic heterocycles. The summed E-state index contributed by atoms with van der Waals surface area (Å²) in [5.41, 5.74) is 8.94. The lowest BCUT2D eigenvalue weighted by molar-refractivity contribution is -0.0969. The third-order valence-corrected chi connectivity index (χ3v) is 5.77. The Morgan fingerprint density at radius 2 is 2.10 bits per heavy atom. The van der Waals surface area contributed by atoms with E-state index in [1.165, 1.54) is 0 Å². The van der Waals surface area contributed by atoms with Crippen molar-refractivity contribution in [3.8, 4) is 5.75 Å². The van der Waals surface area contributed by atoms with Crippen LogP contribution >= 0.6 is 0 Å². The molecule has 154 valence electrons. The minimum atomic E-state index is -0.413. The van der Waals surface area contributed by atoms with E-state index >= 15 is 0 Å². The Hall–Kier alpha value is -2.51. The maximum absolute atomic E-state index is 13.3. The standard InChI is InChI=1S/C22H28N4O3/c1-15-3-4-19(28-12-8-23)18(13-15)21(27)26-9-6-22(7-10-26)20-17(5-11-29-22)14-24-16(2)25-20/h3-4,13-14H,5-12,23H2,1-2H3. The fraction of sp³-hybridized carbons (Fsp3) is 0.500. The average Bonchev–Trinajstić information content (AvgIpc) is 2.73. The van der Waals surface area contributed by atoms with E-state index in [2.05, 4.69) is 4.98 Å². The van der Waals surface area contributed by atoms with Gasteiger partial charge in [-0.3, -0.25) is 4.79 Å². The summed E-state index contributed by atoms with van der Waals surface area (Å²) < 4.78 is 12.0. The number of amides is 1. The van der Waals surface area contributed by atoms with Crippen molar-refractivity contribution in [2.45, 2.75) is 38.7 Å². The normalized spacial score (nSPS) is 17.8. The van der Waals surface area contributed by atoms with E-state index in [0.29, 0.717) is 44.2 Å². The van der Waals surface area contributed by atoms with Crippen molar-refractivity contribution >= 4 is 5.91 Å². The minimum absolute atomic E-state index is 0.00882. The van der Waals surface area contributed by atoms with Crippen molar-refractivity contribution < 1.29 is 14.3 Å². The van der Waals surface area contributed by atoms with Crippen LogP contribution in [0.3, 0.4) is 0 Å². The van der Waals surface area contributed by atoms with Gasteiger partial charge in [-0.1, -0.05) is 11.6 Å². The lowest BCUT2D eigenvalue weighted by Crippen LogP contribution is -2.49. The Labute approximate surface area is 171 Å². The molecule has 4 rings (SSSR count). The number of nitrogens with zero attached hydrogens (tertiary/aromatic N) is 3. The van der Waals surface area contributed by atoms with Crippen LogP contribution in [-0.2, 0) is 16.8 Å². The second kappa shape index (κ2) is 8.08. The third kappa shape index (κ3) is 3.84. The summed E-state index contributed by atoms with van der Waals surface area (Å²) in [5.74, 6) is 1.34.